The molecule has 0 fully saturated rings. The van der Waals surface area contributed by atoms with Crippen molar-refractivity contribution in [3.05, 3.63) is 47.8 Å². The SMILES string of the molecule is Cc1cncc(-c2ccc(C(=O)O)c(OC(F)(F)F)c2)c1. The molecule has 0 aliphatic rings. The molecular weight excluding hydrogens is 287 g/mol. The zero-order valence-electron chi connectivity index (χ0n) is 10.8. The van der Waals surface area contributed by atoms with Gasteiger partial charge in [0.25, 0.3) is 0 Å². The summed E-state index contributed by atoms with van der Waals surface area (Å²) in [5.41, 5.74) is 1.22. The van der Waals surface area contributed by atoms with Crippen molar-refractivity contribution in [2.75, 3.05) is 0 Å². The zero-order chi connectivity index (χ0) is 15.6. The van der Waals surface area contributed by atoms with E-state index in [2.05, 4.69) is 9.72 Å². The molecule has 1 N–H and O–H groups in total. The van der Waals surface area contributed by atoms with Gasteiger partial charge in [-0.1, -0.05) is 6.07 Å². The number of benzene rings is 1. The first kappa shape index (κ1) is 14.8. The number of hydrogen-bond acceptors (Lipinski definition) is 3. The van der Waals surface area contributed by atoms with Gasteiger partial charge in [-0.2, -0.15) is 0 Å². The molecule has 2 aromatic rings. The van der Waals surface area contributed by atoms with E-state index in [1.807, 2.05) is 0 Å². The van der Waals surface area contributed by atoms with Gasteiger partial charge >= 0.3 is 12.3 Å². The number of carboxylic acids is 1. The minimum Gasteiger partial charge on any atom is -0.478 e. The second-order valence-electron chi connectivity index (χ2n) is 4.31. The fourth-order valence-corrected chi connectivity index (χ4v) is 1.80. The van der Waals surface area contributed by atoms with E-state index in [-0.39, 0.29) is 0 Å². The highest BCUT2D eigenvalue weighted by atomic mass is 19.4. The fraction of sp³-hybridized carbons (Fsp3) is 0.143. The van der Waals surface area contributed by atoms with Crippen LogP contribution in [0.25, 0.3) is 11.1 Å². The van der Waals surface area contributed by atoms with Crippen molar-refractivity contribution in [1.82, 2.24) is 4.98 Å². The van der Waals surface area contributed by atoms with E-state index in [9.17, 15) is 18.0 Å². The first-order chi connectivity index (χ1) is 9.76. The molecule has 0 saturated heterocycles. The molecule has 0 amide bonds. The summed E-state index contributed by atoms with van der Waals surface area (Å²) in [5, 5.41) is 8.91. The van der Waals surface area contributed by atoms with Crippen molar-refractivity contribution < 1.29 is 27.8 Å². The van der Waals surface area contributed by atoms with Gasteiger partial charge in [-0.25, -0.2) is 4.79 Å². The standard InChI is InChI=1S/C14H10F3NO3/c1-8-4-10(7-18-6-8)9-2-3-11(13(19)20)12(5-9)21-14(15,16)17/h2-7H,1H3,(H,19,20). The summed E-state index contributed by atoms with van der Waals surface area (Å²) in [6.45, 7) is 1.79. The number of ether oxygens (including phenoxy) is 1. The number of carbonyl (C=O) groups is 1. The predicted octanol–water partition coefficient (Wildman–Crippen LogP) is 3.65. The summed E-state index contributed by atoms with van der Waals surface area (Å²) < 4.78 is 40.9. The summed E-state index contributed by atoms with van der Waals surface area (Å²) in [4.78, 5) is 14.9. The van der Waals surface area contributed by atoms with Crippen molar-refractivity contribution in [1.29, 1.82) is 0 Å². The third-order valence-corrected chi connectivity index (χ3v) is 2.65. The molecule has 0 saturated carbocycles. The molecule has 0 atom stereocenters. The van der Waals surface area contributed by atoms with Crippen LogP contribution in [0.1, 0.15) is 15.9 Å². The van der Waals surface area contributed by atoms with Gasteiger partial charge in [0.05, 0.1) is 0 Å². The van der Waals surface area contributed by atoms with Gasteiger partial charge in [-0.3, -0.25) is 4.98 Å². The van der Waals surface area contributed by atoms with Crippen molar-refractivity contribution in [2.24, 2.45) is 0 Å². The van der Waals surface area contributed by atoms with Crippen LogP contribution in [0.3, 0.4) is 0 Å². The first-order valence-corrected chi connectivity index (χ1v) is 5.81. The van der Waals surface area contributed by atoms with E-state index in [1.54, 1.807) is 19.2 Å². The van der Waals surface area contributed by atoms with E-state index >= 15 is 0 Å². The third kappa shape index (κ3) is 3.71. The molecule has 21 heavy (non-hydrogen) atoms. The quantitative estimate of drug-likeness (QED) is 0.939. The number of aromatic nitrogens is 1. The Morgan fingerprint density at radius 3 is 2.48 bits per heavy atom. The Kier molecular flexibility index (Phi) is 3.84. The molecule has 4 nitrogen and oxygen atoms in total. The van der Waals surface area contributed by atoms with Gasteiger partial charge in [0.1, 0.15) is 11.3 Å². The van der Waals surface area contributed by atoms with Crippen molar-refractivity contribution in [3.63, 3.8) is 0 Å². The Morgan fingerprint density at radius 2 is 1.90 bits per heavy atom. The molecule has 110 valence electrons. The predicted molar refractivity (Wildman–Crippen MR) is 68.1 cm³/mol. The number of aryl methyl sites for hydroxylation is 1. The Morgan fingerprint density at radius 1 is 1.19 bits per heavy atom. The van der Waals surface area contributed by atoms with Crippen LogP contribution in [-0.2, 0) is 0 Å². The summed E-state index contributed by atoms with van der Waals surface area (Å²) in [7, 11) is 0. The molecule has 0 radical (unpaired) electrons. The van der Waals surface area contributed by atoms with Gasteiger partial charge < -0.3 is 9.84 Å². The number of pyridine rings is 1. The average Bonchev–Trinajstić information content (AvgIpc) is 2.36. The lowest BCUT2D eigenvalue weighted by atomic mass is 10.0. The topological polar surface area (TPSA) is 59.4 Å². The van der Waals surface area contributed by atoms with Crippen molar-refractivity contribution in [3.8, 4) is 16.9 Å². The lowest BCUT2D eigenvalue weighted by Crippen LogP contribution is -2.19. The van der Waals surface area contributed by atoms with Crippen molar-refractivity contribution >= 4 is 5.97 Å². The lowest BCUT2D eigenvalue weighted by molar-refractivity contribution is -0.274. The molecule has 1 aromatic heterocycles. The summed E-state index contributed by atoms with van der Waals surface area (Å²) in [6.07, 6.45) is -1.89. The number of alkyl halides is 3. The van der Waals surface area contributed by atoms with Crippen LogP contribution in [0.4, 0.5) is 13.2 Å². The molecular formula is C14H10F3NO3. The van der Waals surface area contributed by atoms with Crippen LogP contribution in [0.5, 0.6) is 5.75 Å². The maximum absolute atomic E-state index is 12.4. The summed E-state index contributed by atoms with van der Waals surface area (Å²) in [6, 6.07) is 5.23. The Hall–Kier alpha value is -2.57. The summed E-state index contributed by atoms with van der Waals surface area (Å²) in [5.74, 6) is -2.25. The highest BCUT2D eigenvalue weighted by molar-refractivity contribution is 5.92. The van der Waals surface area contributed by atoms with Crippen LogP contribution in [0.15, 0.2) is 36.7 Å². The Bertz CT molecular complexity index is 683. The first-order valence-electron chi connectivity index (χ1n) is 5.81. The zero-order valence-corrected chi connectivity index (χ0v) is 10.8. The number of carboxylic acid groups (broad SMARTS) is 1. The highest BCUT2D eigenvalue weighted by Crippen LogP contribution is 2.31. The average molecular weight is 297 g/mol. The van der Waals surface area contributed by atoms with Crippen LogP contribution in [0.2, 0.25) is 0 Å². The second-order valence-corrected chi connectivity index (χ2v) is 4.31. The van der Waals surface area contributed by atoms with E-state index in [0.717, 1.165) is 17.7 Å². The van der Waals surface area contributed by atoms with Gasteiger partial charge in [-0.05, 0) is 36.2 Å². The molecule has 0 aliphatic carbocycles. The summed E-state index contributed by atoms with van der Waals surface area (Å²) >= 11 is 0. The third-order valence-electron chi connectivity index (χ3n) is 2.65. The van der Waals surface area contributed by atoms with E-state index in [1.165, 1.54) is 12.3 Å². The van der Waals surface area contributed by atoms with E-state index in [4.69, 9.17) is 5.11 Å². The maximum atomic E-state index is 12.4. The minimum absolute atomic E-state index is 0.385. The number of halogens is 3. The maximum Gasteiger partial charge on any atom is 0.573 e. The molecule has 1 aromatic carbocycles. The van der Waals surface area contributed by atoms with E-state index in [0.29, 0.717) is 11.1 Å². The number of aromatic carboxylic acids is 1. The monoisotopic (exact) mass is 297 g/mol. The molecule has 0 bridgehead atoms. The van der Waals surface area contributed by atoms with Gasteiger partial charge in [0.2, 0.25) is 0 Å². The van der Waals surface area contributed by atoms with Crippen LogP contribution in [-0.4, -0.2) is 22.4 Å². The van der Waals surface area contributed by atoms with Gasteiger partial charge in [0, 0.05) is 18.0 Å². The Balaban J connectivity index is 2.51. The normalized spacial score (nSPS) is 11.2. The van der Waals surface area contributed by atoms with Gasteiger partial charge in [-0.15, -0.1) is 13.2 Å². The number of nitrogens with zero attached hydrogens (tertiary/aromatic N) is 1. The molecule has 1 heterocycles. The molecule has 2 rings (SSSR count). The molecule has 0 spiro atoms. The van der Waals surface area contributed by atoms with Crippen LogP contribution < -0.4 is 4.74 Å². The fourth-order valence-electron chi connectivity index (χ4n) is 1.80. The minimum atomic E-state index is -4.96. The number of rotatable bonds is 3. The molecule has 0 aliphatic heterocycles. The number of hydrogen-bond donors (Lipinski definition) is 1. The highest BCUT2D eigenvalue weighted by Gasteiger charge is 2.33. The Labute approximate surface area is 117 Å². The van der Waals surface area contributed by atoms with Gasteiger partial charge in [0.15, 0.2) is 0 Å². The van der Waals surface area contributed by atoms with E-state index < -0.39 is 23.6 Å². The van der Waals surface area contributed by atoms with Crippen LogP contribution >= 0.6 is 0 Å². The second kappa shape index (κ2) is 5.43. The molecule has 0 unspecified atom stereocenters. The largest absolute Gasteiger partial charge is 0.573 e. The van der Waals surface area contributed by atoms with Crippen LogP contribution in [0, 0.1) is 6.92 Å². The van der Waals surface area contributed by atoms with Crippen molar-refractivity contribution in [2.45, 2.75) is 13.3 Å². The lowest BCUT2D eigenvalue weighted by Gasteiger charge is -2.13. The smallest absolute Gasteiger partial charge is 0.478 e. The molecule has 7 heteroatoms.